The molecule has 1 amide bonds. The fourth-order valence-electron chi connectivity index (χ4n) is 3.17. The number of carbonyl (C=O) groups is 1. The largest absolute Gasteiger partial charge is 0.405 e. The second-order valence-electron chi connectivity index (χ2n) is 5.58. The van der Waals surface area contributed by atoms with Gasteiger partial charge in [0, 0.05) is 17.9 Å². The highest BCUT2D eigenvalue weighted by atomic mass is 19.4. The zero-order valence-electron chi connectivity index (χ0n) is 10.3. The molecule has 1 saturated carbocycles. The third kappa shape index (κ3) is 1.72. The van der Waals surface area contributed by atoms with Gasteiger partial charge in [-0.3, -0.25) is 4.79 Å². The molecule has 0 aromatic heterocycles. The molecule has 0 spiro atoms. The van der Waals surface area contributed by atoms with Crippen LogP contribution in [0, 0.1) is 11.3 Å². The molecule has 104 valence electrons. The summed E-state index contributed by atoms with van der Waals surface area (Å²) in [6.45, 7) is 2.67. The lowest BCUT2D eigenvalue weighted by atomic mass is 9.48. The SMILES string of the molecule is CC1(C)C2OCCC2C1(N)C(=O)NCC(F)(F)F. The van der Waals surface area contributed by atoms with Gasteiger partial charge < -0.3 is 15.8 Å². The van der Waals surface area contributed by atoms with Crippen LogP contribution in [0.15, 0.2) is 0 Å². The van der Waals surface area contributed by atoms with E-state index >= 15 is 0 Å². The summed E-state index contributed by atoms with van der Waals surface area (Å²) >= 11 is 0. The van der Waals surface area contributed by atoms with Crippen LogP contribution in [0.4, 0.5) is 13.2 Å². The molecule has 3 unspecified atom stereocenters. The first-order chi connectivity index (χ1) is 8.11. The van der Waals surface area contributed by atoms with Gasteiger partial charge in [-0.25, -0.2) is 0 Å². The van der Waals surface area contributed by atoms with Crippen molar-refractivity contribution in [1.29, 1.82) is 0 Å². The fraction of sp³-hybridized carbons (Fsp3) is 0.909. The molecule has 1 saturated heterocycles. The summed E-state index contributed by atoms with van der Waals surface area (Å²) in [5.74, 6) is -0.933. The third-order valence-electron chi connectivity index (χ3n) is 4.28. The summed E-state index contributed by atoms with van der Waals surface area (Å²) in [5, 5.41) is 1.89. The summed E-state index contributed by atoms with van der Waals surface area (Å²) in [6, 6.07) is 0. The maximum atomic E-state index is 12.1. The molecular weight excluding hydrogens is 249 g/mol. The quantitative estimate of drug-likeness (QED) is 0.777. The molecule has 2 fully saturated rings. The van der Waals surface area contributed by atoms with E-state index in [4.69, 9.17) is 10.5 Å². The van der Waals surface area contributed by atoms with Gasteiger partial charge in [0.25, 0.3) is 0 Å². The molecule has 1 aliphatic carbocycles. The lowest BCUT2D eigenvalue weighted by Gasteiger charge is -2.60. The van der Waals surface area contributed by atoms with Gasteiger partial charge in [-0.15, -0.1) is 0 Å². The summed E-state index contributed by atoms with van der Waals surface area (Å²) in [7, 11) is 0. The Morgan fingerprint density at radius 3 is 2.67 bits per heavy atom. The van der Waals surface area contributed by atoms with Crippen molar-refractivity contribution in [2.45, 2.75) is 38.1 Å². The van der Waals surface area contributed by atoms with Gasteiger partial charge >= 0.3 is 6.18 Å². The third-order valence-corrected chi connectivity index (χ3v) is 4.28. The zero-order valence-corrected chi connectivity index (χ0v) is 10.3. The van der Waals surface area contributed by atoms with E-state index in [1.54, 1.807) is 13.8 Å². The van der Waals surface area contributed by atoms with Crippen LogP contribution >= 0.6 is 0 Å². The van der Waals surface area contributed by atoms with Crippen LogP contribution in [0.1, 0.15) is 20.3 Å². The van der Waals surface area contributed by atoms with Gasteiger partial charge in [0.05, 0.1) is 6.10 Å². The molecule has 1 aliphatic heterocycles. The van der Waals surface area contributed by atoms with Crippen LogP contribution in [0.2, 0.25) is 0 Å². The number of fused-ring (bicyclic) bond motifs is 1. The minimum Gasteiger partial charge on any atom is -0.377 e. The van der Waals surface area contributed by atoms with Crippen LogP contribution < -0.4 is 11.1 Å². The van der Waals surface area contributed by atoms with Crippen molar-refractivity contribution in [3.05, 3.63) is 0 Å². The predicted octanol–water partition coefficient (Wildman–Crippen LogP) is 0.807. The average Bonchev–Trinajstić information content (AvgIpc) is 2.71. The summed E-state index contributed by atoms with van der Waals surface area (Å²) in [5.41, 5.74) is 4.15. The van der Waals surface area contributed by atoms with Crippen molar-refractivity contribution in [2.75, 3.05) is 13.2 Å². The van der Waals surface area contributed by atoms with Crippen LogP contribution in [0.25, 0.3) is 0 Å². The second-order valence-corrected chi connectivity index (χ2v) is 5.58. The highest BCUT2D eigenvalue weighted by molar-refractivity contribution is 5.89. The average molecular weight is 266 g/mol. The number of rotatable bonds is 2. The molecule has 1 heterocycles. The smallest absolute Gasteiger partial charge is 0.377 e. The molecule has 0 aromatic carbocycles. The van der Waals surface area contributed by atoms with E-state index in [9.17, 15) is 18.0 Å². The lowest BCUT2D eigenvalue weighted by Crippen LogP contribution is -2.80. The first kappa shape index (κ1) is 13.6. The van der Waals surface area contributed by atoms with E-state index in [-0.39, 0.29) is 12.0 Å². The molecule has 0 bridgehead atoms. The van der Waals surface area contributed by atoms with E-state index in [0.717, 1.165) is 0 Å². The second kappa shape index (κ2) is 3.84. The molecule has 2 rings (SSSR count). The number of halogens is 3. The van der Waals surface area contributed by atoms with Crippen molar-refractivity contribution >= 4 is 5.91 Å². The standard InChI is InChI=1S/C11H17F3N2O2/c1-9(2)7-6(3-4-18-7)11(9,15)8(17)16-5-10(12,13)14/h6-7H,3-5,15H2,1-2H3,(H,16,17). The molecular formula is C11H17F3N2O2. The fourth-order valence-corrected chi connectivity index (χ4v) is 3.17. The van der Waals surface area contributed by atoms with E-state index in [2.05, 4.69) is 0 Å². The normalized spacial score (nSPS) is 37.9. The number of alkyl halides is 3. The first-order valence-electron chi connectivity index (χ1n) is 5.86. The zero-order chi connectivity index (χ0) is 13.8. The van der Waals surface area contributed by atoms with Crippen molar-refractivity contribution in [2.24, 2.45) is 17.1 Å². The van der Waals surface area contributed by atoms with Gasteiger partial charge in [-0.1, -0.05) is 13.8 Å². The summed E-state index contributed by atoms with van der Waals surface area (Å²) in [4.78, 5) is 12.0. The molecule has 2 aliphatic rings. The Kier molecular flexibility index (Phi) is 2.90. The summed E-state index contributed by atoms with van der Waals surface area (Å²) in [6.07, 6.45) is -3.95. The Balaban J connectivity index is 2.09. The first-order valence-corrected chi connectivity index (χ1v) is 5.86. The monoisotopic (exact) mass is 266 g/mol. The number of hydrogen-bond donors (Lipinski definition) is 2. The van der Waals surface area contributed by atoms with Gasteiger partial charge in [-0.2, -0.15) is 13.2 Å². The van der Waals surface area contributed by atoms with Gasteiger partial charge in [-0.05, 0) is 6.42 Å². The molecule has 18 heavy (non-hydrogen) atoms. The molecule has 3 N–H and O–H groups in total. The molecule has 3 atom stereocenters. The molecule has 0 radical (unpaired) electrons. The highest BCUT2D eigenvalue weighted by Crippen LogP contribution is 2.58. The minimum atomic E-state index is -4.43. The molecule has 4 nitrogen and oxygen atoms in total. The molecule has 0 aromatic rings. The predicted molar refractivity (Wildman–Crippen MR) is 57.6 cm³/mol. The maximum Gasteiger partial charge on any atom is 0.405 e. The van der Waals surface area contributed by atoms with Crippen LogP contribution in [0.3, 0.4) is 0 Å². The van der Waals surface area contributed by atoms with Crippen molar-refractivity contribution in [3.63, 3.8) is 0 Å². The van der Waals surface area contributed by atoms with E-state index in [1.807, 2.05) is 5.32 Å². The number of carbonyl (C=O) groups excluding carboxylic acids is 1. The minimum absolute atomic E-state index is 0.140. The Morgan fingerprint density at radius 2 is 2.11 bits per heavy atom. The van der Waals surface area contributed by atoms with Crippen molar-refractivity contribution in [3.8, 4) is 0 Å². The van der Waals surface area contributed by atoms with Crippen LogP contribution in [-0.2, 0) is 9.53 Å². The summed E-state index contributed by atoms with van der Waals surface area (Å²) < 4.78 is 41.8. The Bertz CT molecular complexity index is 370. The van der Waals surface area contributed by atoms with Gasteiger partial charge in [0.15, 0.2) is 0 Å². The van der Waals surface area contributed by atoms with Gasteiger partial charge in [0.1, 0.15) is 12.1 Å². The number of hydrogen-bond acceptors (Lipinski definition) is 3. The van der Waals surface area contributed by atoms with Gasteiger partial charge in [0.2, 0.25) is 5.91 Å². The lowest BCUT2D eigenvalue weighted by molar-refractivity contribution is -0.179. The Labute approximate surface area is 103 Å². The van der Waals surface area contributed by atoms with Crippen LogP contribution in [-0.4, -0.2) is 36.9 Å². The Hall–Kier alpha value is -0.820. The topological polar surface area (TPSA) is 64.3 Å². The molecule has 7 heteroatoms. The van der Waals surface area contributed by atoms with Crippen molar-refractivity contribution in [1.82, 2.24) is 5.32 Å². The van der Waals surface area contributed by atoms with E-state index < -0.39 is 29.6 Å². The number of ether oxygens (including phenoxy) is 1. The maximum absolute atomic E-state index is 12.1. The number of nitrogens with one attached hydrogen (secondary N) is 1. The van der Waals surface area contributed by atoms with Crippen LogP contribution in [0.5, 0.6) is 0 Å². The number of nitrogens with two attached hydrogens (primary N) is 1. The number of amides is 1. The van der Waals surface area contributed by atoms with Crippen molar-refractivity contribution < 1.29 is 22.7 Å². The highest BCUT2D eigenvalue weighted by Gasteiger charge is 2.71. The van der Waals surface area contributed by atoms with E-state index in [1.165, 1.54) is 0 Å². The Morgan fingerprint density at radius 1 is 1.50 bits per heavy atom. The van der Waals surface area contributed by atoms with E-state index in [0.29, 0.717) is 13.0 Å².